The van der Waals surface area contributed by atoms with Gasteiger partial charge in [0.05, 0.1) is 0 Å². The molecule has 0 aliphatic carbocycles. The van der Waals surface area contributed by atoms with Crippen LogP contribution in [0.1, 0.15) is 297 Å². The van der Waals surface area contributed by atoms with Crippen LogP contribution in [0.4, 0.5) is 4.79 Å². The number of carbonyl (C=O) groups excluding carboxylic acids is 1. The van der Waals surface area contributed by atoms with Crippen LogP contribution in [0, 0.1) is 11.8 Å². The van der Waals surface area contributed by atoms with Crippen LogP contribution in [0.25, 0.3) is 0 Å². The molecule has 4 unspecified atom stereocenters. The first kappa shape index (κ1) is 59.2. The number of hydrogen-bond acceptors (Lipinski definition) is 7. The minimum Gasteiger partial charge on any atom is -0.431 e. The molecule has 2 saturated heterocycles. The highest BCUT2D eigenvalue weighted by Gasteiger charge is 2.26. The van der Waals surface area contributed by atoms with Gasteiger partial charge in [0.2, 0.25) is 0 Å². The molecule has 2 fully saturated rings. The maximum Gasteiger partial charge on any atom is 0.508 e. The van der Waals surface area contributed by atoms with E-state index in [9.17, 15) is 4.79 Å². The van der Waals surface area contributed by atoms with Gasteiger partial charge in [0.15, 0.2) is 12.6 Å². The third kappa shape index (κ3) is 35.3. The molecule has 0 amide bonds. The van der Waals surface area contributed by atoms with Crippen LogP contribution in [-0.2, 0) is 28.4 Å². The fourth-order valence-corrected chi connectivity index (χ4v) is 10.2. The average Bonchev–Trinajstić information content (AvgIpc) is 3.30. The Morgan fingerprint density at radius 2 is 0.719 bits per heavy atom. The monoisotopic (exact) mass is 907 g/mol. The number of unbranched alkanes of at least 4 members (excludes halogenated alkanes) is 22. The molecular formula is C57H110O7. The molecular weight excluding hydrogens is 797 g/mol. The molecule has 64 heavy (non-hydrogen) atoms. The lowest BCUT2D eigenvalue weighted by Crippen LogP contribution is -2.27. The first-order valence-electron chi connectivity index (χ1n) is 28.9. The van der Waals surface area contributed by atoms with Gasteiger partial charge in [-0.15, -0.1) is 0 Å². The Morgan fingerprint density at radius 3 is 1.03 bits per heavy atom. The van der Waals surface area contributed by atoms with Gasteiger partial charge in [0.1, 0.15) is 12.2 Å². The summed E-state index contributed by atoms with van der Waals surface area (Å²) in [4.78, 5) is 14.1. The van der Waals surface area contributed by atoms with Crippen molar-refractivity contribution in [3.8, 4) is 0 Å². The highest BCUT2D eigenvalue weighted by Crippen LogP contribution is 2.30. The number of ether oxygens (including phenoxy) is 6. The SMILES string of the molecule is CCCCCCCCC(CCCCCCCC)CC(CCCCOC1CCCCO1)OC(=O)OC(CCCCOC1CCCCO1)CC(CCCCCCCC)CCCCCCCC. The molecule has 0 radical (unpaired) electrons. The third-order valence-corrected chi connectivity index (χ3v) is 14.3. The van der Waals surface area contributed by atoms with Crippen molar-refractivity contribution in [3.05, 3.63) is 0 Å². The van der Waals surface area contributed by atoms with E-state index >= 15 is 0 Å². The van der Waals surface area contributed by atoms with Crippen LogP contribution in [-0.4, -0.2) is 57.4 Å². The van der Waals surface area contributed by atoms with Crippen molar-refractivity contribution in [2.45, 2.75) is 322 Å². The highest BCUT2D eigenvalue weighted by atomic mass is 16.7. The average molecular weight is 907 g/mol. The lowest BCUT2D eigenvalue weighted by molar-refractivity contribution is -0.163. The summed E-state index contributed by atoms with van der Waals surface area (Å²) in [6.45, 7) is 12.2. The van der Waals surface area contributed by atoms with E-state index in [1.54, 1.807) is 0 Å². The van der Waals surface area contributed by atoms with E-state index in [-0.39, 0.29) is 24.8 Å². The largest absolute Gasteiger partial charge is 0.508 e. The molecule has 2 rings (SSSR count). The lowest BCUT2D eigenvalue weighted by atomic mass is 9.88. The third-order valence-electron chi connectivity index (χ3n) is 14.3. The van der Waals surface area contributed by atoms with Crippen LogP contribution in [0.5, 0.6) is 0 Å². The number of carbonyl (C=O) groups is 1. The van der Waals surface area contributed by atoms with Crippen LogP contribution in [0.15, 0.2) is 0 Å². The second-order valence-electron chi connectivity index (χ2n) is 20.5. The molecule has 0 bridgehead atoms. The Balaban J connectivity index is 2.15. The summed E-state index contributed by atoms with van der Waals surface area (Å²) in [5.41, 5.74) is 0. The van der Waals surface area contributed by atoms with Gasteiger partial charge in [-0.1, -0.05) is 207 Å². The van der Waals surface area contributed by atoms with E-state index in [0.29, 0.717) is 25.0 Å². The van der Waals surface area contributed by atoms with Crippen molar-refractivity contribution in [2.75, 3.05) is 26.4 Å². The predicted octanol–water partition coefficient (Wildman–Crippen LogP) is 18.3. The van der Waals surface area contributed by atoms with Crippen molar-refractivity contribution in [1.29, 1.82) is 0 Å². The smallest absolute Gasteiger partial charge is 0.431 e. The molecule has 7 heteroatoms. The maximum atomic E-state index is 14.1. The van der Waals surface area contributed by atoms with Gasteiger partial charge in [0, 0.05) is 26.4 Å². The zero-order chi connectivity index (χ0) is 45.8. The quantitative estimate of drug-likeness (QED) is 0.0445. The van der Waals surface area contributed by atoms with Crippen molar-refractivity contribution in [3.63, 3.8) is 0 Å². The fourth-order valence-electron chi connectivity index (χ4n) is 10.2. The summed E-state index contributed by atoms with van der Waals surface area (Å²) in [7, 11) is 0. The van der Waals surface area contributed by atoms with E-state index < -0.39 is 6.16 Å². The minimum atomic E-state index is -0.426. The molecule has 2 aliphatic rings. The summed E-state index contributed by atoms with van der Waals surface area (Å²) in [6, 6.07) is 0. The predicted molar refractivity (Wildman–Crippen MR) is 270 cm³/mol. The second-order valence-corrected chi connectivity index (χ2v) is 20.5. The van der Waals surface area contributed by atoms with Crippen LogP contribution in [0.2, 0.25) is 0 Å². The maximum absolute atomic E-state index is 14.1. The zero-order valence-corrected chi connectivity index (χ0v) is 43.3. The molecule has 4 atom stereocenters. The zero-order valence-electron chi connectivity index (χ0n) is 43.3. The van der Waals surface area contributed by atoms with Gasteiger partial charge in [-0.25, -0.2) is 4.79 Å². The standard InChI is InChI=1S/C57H110O7/c1-5-9-13-17-21-25-37-51(38-26-22-18-14-10-6-2)49-53(41-29-33-45-59-55-43-31-35-47-61-55)63-57(58)64-54(42-30-34-46-60-56-44-32-36-48-62-56)50-52(39-27-23-19-15-11-7-3)40-28-24-20-16-12-8-4/h51-56H,5-50H2,1-4H3. The first-order valence-corrected chi connectivity index (χ1v) is 28.9. The van der Waals surface area contributed by atoms with E-state index in [1.165, 1.54) is 193 Å². The normalized spacial score (nSPS) is 17.9. The summed E-state index contributed by atoms with van der Waals surface area (Å²) >= 11 is 0. The summed E-state index contributed by atoms with van der Waals surface area (Å²) in [5, 5.41) is 0. The van der Waals surface area contributed by atoms with E-state index in [4.69, 9.17) is 28.4 Å². The van der Waals surface area contributed by atoms with Crippen LogP contribution < -0.4 is 0 Å². The molecule has 0 aromatic heterocycles. The molecule has 0 spiro atoms. The van der Waals surface area contributed by atoms with Gasteiger partial charge in [-0.2, -0.15) is 0 Å². The van der Waals surface area contributed by atoms with E-state index in [2.05, 4.69) is 27.7 Å². The van der Waals surface area contributed by atoms with Gasteiger partial charge in [-0.3, -0.25) is 0 Å². The number of rotatable bonds is 46. The lowest BCUT2D eigenvalue weighted by Gasteiger charge is -2.27. The molecule has 0 aromatic carbocycles. The summed E-state index contributed by atoms with van der Waals surface area (Å²) < 4.78 is 37.0. The Bertz CT molecular complexity index is 860. The van der Waals surface area contributed by atoms with Crippen LogP contribution >= 0.6 is 0 Å². The molecule has 2 aliphatic heterocycles. The van der Waals surface area contributed by atoms with Crippen molar-refractivity contribution in [1.82, 2.24) is 0 Å². The summed E-state index contributed by atoms with van der Waals surface area (Å²) in [5.74, 6) is 1.18. The minimum absolute atomic E-state index is 0.0511. The number of hydrogen-bond donors (Lipinski definition) is 0. The van der Waals surface area contributed by atoms with Gasteiger partial charge in [0.25, 0.3) is 0 Å². The highest BCUT2D eigenvalue weighted by molar-refractivity contribution is 5.60. The van der Waals surface area contributed by atoms with Crippen molar-refractivity contribution in [2.24, 2.45) is 11.8 Å². The first-order chi connectivity index (χ1) is 31.6. The molecule has 0 aromatic rings. The Labute approximate surface area is 398 Å². The Morgan fingerprint density at radius 1 is 0.406 bits per heavy atom. The van der Waals surface area contributed by atoms with Gasteiger partial charge < -0.3 is 28.4 Å². The van der Waals surface area contributed by atoms with E-state index in [1.807, 2.05) is 0 Å². The Hall–Kier alpha value is -0.890. The van der Waals surface area contributed by atoms with Crippen molar-refractivity contribution < 1.29 is 33.2 Å². The topological polar surface area (TPSA) is 72.5 Å². The second kappa shape index (κ2) is 44.6. The molecule has 2 heterocycles. The molecule has 7 nitrogen and oxygen atoms in total. The van der Waals surface area contributed by atoms with E-state index in [0.717, 1.165) is 90.3 Å². The van der Waals surface area contributed by atoms with Crippen LogP contribution in [0.3, 0.4) is 0 Å². The fraction of sp³-hybridized carbons (Fsp3) is 0.982. The molecule has 380 valence electrons. The van der Waals surface area contributed by atoms with Gasteiger partial charge >= 0.3 is 6.16 Å². The van der Waals surface area contributed by atoms with Gasteiger partial charge in [-0.05, 0) is 102 Å². The Kier molecular flexibility index (Phi) is 41.3. The summed E-state index contributed by atoms with van der Waals surface area (Å²) in [6.07, 6.45) is 50.1. The molecule has 0 N–H and O–H groups in total. The molecule has 0 saturated carbocycles. The van der Waals surface area contributed by atoms with Crippen molar-refractivity contribution >= 4 is 6.16 Å².